The van der Waals surface area contributed by atoms with Crippen molar-refractivity contribution in [1.82, 2.24) is 14.8 Å². The van der Waals surface area contributed by atoms with Crippen molar-refractivity contribution in [3.8, 4) is 11.3 Å². The van der Waals surface area contributed by atoms with E-state index in [-0.39, 0.29) is 0 Å². The maximum Gasteiger partial charge on any atom is 0.120 e. The Kier molecular flexibility index (Phi) is 7.42. The summed E-state index contributed by atoms with van der Waals surface area (Å²) < 4.78 is 1.94. The molecule has 0 fully saturated rings. The number of nitrogens with zero attached hydrogens (tertiary/aromatic N) is 4. The van der Waals surface area contributed by atoms with Crippen LogP contribution in [0.15, 0.2) is 24.3 Å². The molecule has 6 heteroatoms. The van der Waals surface area contributed by atoms with Gasteiger partial charge >= 0.3 is 0 Å². The molecule has 0 radical (unpaired) electrons. The van der Waals surface area contributed by atoms with Crippen LogP contribution < -0.4 is 4.90 Å². The lowest BCUT2D eigenvalue weighted by Crippen LogP contribution is -2.26. The van der Waals surface area contributed by atoms with Gasteiger partial charge in [-0.15, -0.1) is 0 Å². The highest BCUT2D eigenvalue weighted by molar-refractivity contribution is 6.36. The minimum absolute atomic E-state index is 0.591. The van der Waals surface area contributed by atoms with Gasteiger partial charge in [0.25, 0.3) is 0 Å². The van der Waals surface area contributed by atoms with Crippen molar-refractivity contribution in [2.75, 3.05) is 18.0 Å². The topological polar surface area (TPSA) is 34.0 Å². The average Bonchev–Trinajstić information content (AvgIpc) is 3.00. The summed E-state index contributed by atoms with van der Waals surface area (Å²) in [6.07, 6.45) is 6.00. The van der Waals surface area contributed by atoms with Gasteiger partial charge in [0.15, 0.2) is 0 Å². The highest BCUT2D eigenvalue weighted by Gasteiger charge is 2.21. The molecule has 4 nitrogen and oxygen atoms in total. The normalized spacial score (nSPS) is 11.4. The summed E-state index contributed by atoms with van der Waals surface area (Å²) in [5.74, 6) is 0. The molecule has 1 aromatic carbocycles. The highest BCUT2D eigenvalue weighted by atomic mass is 35.5. The molecular formula is C23H30Cl2N4. The number of aromatic nitrogens is 3. The molecule has 0 N–H and O–H groups in total. The molecule has 0 unspecified atom stereocenters. The second-order valence-electron chi connectivity index (χ2n) is 7.62. The largest absolute Gasteiger partial charge is 0.370 e. The van der Waals surface area contributed by atoms with Crippen molar-refractivity contribution in [3.05, 3.63) is 40.0 Å². The van der Waals surface area contributed by atoms with Crippen LogP contribution in [0.3, 0.4) is 0 Å². The molecule has 0 spiro atoms. The van der Waals surface area contributed by atoms with E-state index >= 15 is 0 Å². The fourth-order valence-electron chi connectivity index (χ4n) is 3.74. The molecule has 0 aliphatic heterocycles. The molecule has 29 heavy (non-hydrogen) atoms. The SMILES string of the molecule is CCCCCN(CCCC)c1cc(C)nc2c(-c3ccc(Cl)cc3Cl)nn(C)c12. The monoisotopic (exact) mass is 432 g/mol. The zero-order valence-corrected chi connectivity index (χ0v) is 19.3. The van der Waals surface area contributed by atoms with Gasteiger partial charge in [-0.05, 0) is 44.0 Å². The molecule has 0 atom stereocenters. The summed E-state index contributed by atoms with van der Waals surface area (Å²) in [6, 6.07) is 7.72. The van der Waals surface area contributed by atoms with Gasteiger partial charge in [0, 0.05) is 36.4 Å². The molecule has 0 aliphatic rings. The number of hydrogen-bond donors (Lipinski definition) is 0. The number of halogens is 2. The molecule has 0 saturated heterocycles. The van der Waals surface area contributed by atoms with E-state index in [0.29, 0.717) is 10.0 Å². The summed E-state index contributed by atoms with van der Waals surface area (Å²) in [5, 5.41) is 6.02. The van der Waals surface area contributed by atoms with Crippen molar-refractivity contribution in [3.63, 3.8) is 0 Å². The quantitative estimate of drug-likeness (QED) is 0.339. The maximum absolute atomic E-state index is 6.50. The minimum atomic E-state index is 0.591. The summed E-state index contributed by atoms with van der Waals surface area (Å²) in [5.41, 5.74) is 5.81. The van der Waals surface area contributed by atoms with Crippen molar-refractivity contribution in [1.29, 1.82) is 0 Å². The number of pyridine rings is 1. The fraction of sp³-hybridized carbons (Fsp3) is 0.478. The predicted octanol–water partition coefficient (Wildman–Crippen LogP) is 7.05. The van der Waals surface area contributed by atoms with Crippen LogP contribution in [-0.4, -0.2) is 27.9 Å². The third-order valence-electron chi connectivity index (χ3n) is 5.24. The molecule has 0 bridgehead atoms. The Bertz CT molecular complexity index is 981. The van der Waals surface area contributed by atoms with E-state index < -0.39 is 0 Å². The number of benzene rings is 1. The second-order valence-corrected chi connectivity index (χ2v) is 8.47. The van der Waals surface area contributed by atoms with Crippen molar-refractivity contribution >= 4 is 39.9 Å². The van der Waals surface area contributed by atoms with E-state index in [2.05, 4.69) is 24.8 Å². The molecule has 3 rings (SSSR count). The van der Waals surface area contributed by atoms with Gasteiger partial charge in [-0.25, -0.2) is 4.98 Å². The lowest BCUT2D eigenvalue weighted by Gasteiger charge is -2.26. The molecule has 2 aromatic heterocycles. The Morgan fingerprint density at radius 2 is 1.72 bits per heavy atom. The molecule has 156 valence electrons. The number of fused-ring (bicyclic) bond motifs is 1. The van der Waals surface area contributed by atoms with E-state index in [0.717, 1.165) is 41.1 Å². The van der Waals surface area contributed by atoms with Crippen LogP contribution >= 0.6 is 23.2 Å². The van der Waals surface area contributed by atoms with E-state index in [9.17, 15) is 0 Å². The van der Waals surface area contributed by atoms with Gasteiger partial charge < -0.3 is 4.90 Å². The summed E-state index contributed by atoms with van der Waals surface area (Å²) in [7, 11) is 1.99. The van der Waals surface area contributed by atoms with Crippen LogP contribution in [0.25, 0.3) is 22.3 Å². The Balaban J connectivity index is 2.14. The number of rotatable bonds is 9. The van der Waals surface area contributed by atoms with Gasteiger partial charge in [0.05, 0.1) is 10.7 Å². The van der Waals surface area contributed by atoms with Crippen LogP contribution in [0.4, 0.5) is 5.69 Å². The summed E-state index contributed by atoms with van der Waals surface area (Å²) in [6.45, 7) is 8.62. The van der Waals surface area contributed by atoms with Crippen LogP contribution in [0.2, 0.25) is 10.0 Å². The van der Waals surface area contributed by atoms with Crippen LogP contribution in [0.1, 0.15) is 51.6 Å². The molecule has 0 amide bonds. The first-order chi connectivity index (χ1) is 14.0. The van der Waals surface area contributed by atoms with Gasteiger partial charge in [-0.3, -0.25) is 4.68 Å². The third kappa shape index (κ3) is 4.87. The fourth-order valence-corrected chi connectivity index (χ4v) is 4.24. The molecule has 0 saturated carbocycles. The summed E-state index contributed by atoms with van der Waals surface area (Å²) in [4.78, 5) is 7.36. The van der Waals surface area contributed by atoms with Gasteiger partial charge in [-0.2, -0.15) is 5.10 Å². The standard InChI is InChI=1S/C23H30Cl2N4/c1-5-7-9-13-29(12-8-6-2)20-14-16(3)26-22-21(27-28(4)23(20)22)18-11-10-17(24)15-19(18)25/h10-11,14-15H,5-9,12-13H2,1-4H3. The van der Waals surface area contributed by atoms with Gasteiger partial charge in [0.1, 0.15) is 16.7 Å². The first-order valence-corrected chi connectivity index (χ1v) is 11.3. The molecule has 0 aliphatic carbocycles. The number of anilines is 1. The Labute approximate surface area is 183 Å². The number of unbranched alkanes of at least 4 members (excludes halogenated alkanes) is 3. The zero-order valence-electron chi connectivity index (χ0n) is 17.8. The van der Waals surface area contributed by atoms with E-state index in [4.69, 9.17) is 33.3 Å². The Morgan fingerprint density at radius 3 is 2.41 bits per heavy atom. The van der Waals surface area contributed by atoms with Gasteiger partial charge in [0.2, 0.25) is 0 Å². The maximum atomic E-state index is 6.50. The van der Waals surface area contributed by atoms with Crippen LogP contribution in [0, 0.1) is 6.92 Å². The molecule has 3 aromatic rings. The second kappa shape index (κ2) is 9.82. The Morgan fingerprint density at radius 1 is 1.00 bits per heavy atom. The number of aryl methyl sites for hydroxylation is 2. The van der Waals surface area contributed by atoms with E-state index in [1.807, 2.05) is 30.8 Å². The first-order valence-electron chi connectivity index (χ1n) is 10.5. The minimum Gasteiger partial charge on any atom is -0.370 e. The van der Waals surface area contributed by atoms with Crippen molar-refractivity contribution in [2.45, 2.75) is 52.9 Å². The first kappa shape index (κ1) is 21.9. The van der Waals surface area contributed by atoms with Crippen LogP contribution in [-0.2, 0) is 7.05 Å². The van der Waals surface area contributed by atoms with Crippen LogP contribution in [0.5, 0.6) is 0 Å². The summed E-state index contributed by atoms with van der Waals surface area (Å²) >= 11 is 12.6. The van der Waals surface area contributed by atoms with Gasteiger partial charge in [-0.1, -0.05) is 56.3 Å². The Hall–Kier alpha value is -1.78. The molecular weight excluding hydrogens is 403 g/mol. The third-order valence-corrected chi connectivity index (χ3v) is 5.79. The van der Waals surface area contributed by atoms with E-state index in [1.54, 1.807) is 6.07 Å². The lowest BCUT2D eigenvalue weighted by atomic mass is 10.1. The van der Waals surface area contributed by atoms with E-state index in [1.165, 1.54) is 37.8 Å². The highest BCUT2D eigenvalue weighted by Crippen LogP contribution is 2.37. The zero-order chi connectivity index (χ0) is 21.0. The average molecular weight is 433 g/mol. The van der Waals surface area contributed by atoms with Crippen molar-refractivity contribution in [2.24, 2.45) is 7.05 Å². The lowest BCUT2D eigenvalue weighted by molar-refractivity contribution is 0.652. The number of hydrogen-bond acceptors (Lipinski definition) is 3. The predicted molar refractivity (Wildman–Crippen MR) is 125 cm³/mol. The van der Waals surface area contributed by atoms with Crippen molar-refractivity contribution < 1.29 is 0 Å². The molecule has 2 heterocycles. The smallest absolute Gasteiger partial charge is 0.120 e.